The second kappa shape index (κ2) is 7.26. The minimum atomic E-state index is -0.0192. The van der Waals surface area contributed by atoms with Gasteiger partial charge in [-0.1, -0.05) is 6.07 Å². The summed E-state index contributed by atoms with van der Waals surface area (Å²) in [7, 11) is 0. The van der Waals surface area contributed by atoms with Gasteiger partial charge in [0.2, 0.25) is 0 Å². The second-order valence-electron chi connectivity index (χ2n) is 4.13. The molecule has 1 N–H and O–H groups in total. The van der Waals surface area contributed by atoms with Crippen LogP contribution in [-0.2, 0) is 13.2 Å². The van der Waals surface area contributed by atoms with Gasteiger partial charge < -0.3 is 14.6 Å². The first-order chi connectivity index (χ1) is 9.72. The van der Waals surface area contributed by atoms with Crippen molar-refractivity contribution < 1.29 is 14.6 Å². The Labute approximate surface area is 126 Å². The van der Waals surface area contributed by atoms with Crippen molar-refractivity contribution in [2.45, 2.75) is 20.1 Å². The summed E-state index contributed by atoms with van der Waals surface area (Å²) in [5.41, 5.74) is 1.63. The number of benzene rings is 1. The third-order valence-electron chi connectivity index (χ3n) is 2.65. The molecule has 1 aromatic heterocycles. The van der Waals surface area contributed by atoms with Crippen LogP contribution in [0.1, 0.15) is 18.2 Å². The maximum absolute atomic E-state index is 9.14. The summed E-state index contributed by atoms with van der Waals surface area (Å²) in [5, 5.41) is 9.14. The Balaban J connectivity index is 2.09. The lowest BCUT2D eigenvalue weighted by Crippen LogP contribution is -2.01. The zero-order valence-corrected chi connectivity index (χ0v) is 12.8. The van der Waals surface area contributed by atoms with E-state index in [1.807, 2.05) is 25.1 Å². The summed E-state index contributed by atoms with van der Waals surface area (Å²) in [5.74, 6) is 1.28. The van der Waals surface area contributed by atoms with Gasteiger partial charge in [-0.15, -0.1) is 0 Å². The quantitative estimate of drug-likeness (QED) is 0.878. The molecule has 0 aliphatic heterocycles. The maximum atomic E-state index is 9.14. The molecule has 0 amide bonds. The van der Waals surface area contributed by atoms with Gasteiger partial charge in [0.1, 0.15) is 6.61 Å². The third-order valence-corrected chi connectivity index (χ3v) is 3.12. The molecule has 1 heterocycles. The summed E-state index contributed by atoms with van der Waals surface area (Å²) >= 11 is 3.34. The Hall–Kier alpha value is -1.59. The molecule has 0 saturated carbocycles. The van der Waals surface area contributed by atoms with E-state index < -0.39 is 0 Å². The number of pyridine rings is 1. The predicted octanol–water partition coefficient (Wildman–Crippen LogP) is 3.31. The second-order valence-corrected chi connectivity index (χ2v) is 5.04. The van der Waals surface area contributed by atoms with Crippen LogP contribution in [0.4, 0.5) is 0 Å². The van der Waals surface area contributed by atoms with Crippen LogP contribution in [0.2, 0.25) is 0 Å². The van der Waals surface area contributed by atoms with Crippen molar-refractivity contribution in [1.29, 1.82) is 0 Å². The number of hydrogen-bond acceptors (Lipinski definition) is 4. The molecule has 0 atom stereocenters. The fourth-order valence-electron chi connectivity index (χ4n) is 1.68. The van der Waals surface area contributed by atoms with Crippen LogP contribution in [-0.4, -0.2) is 16.7 Å². The van der Waals surface area contributed by atoms with Gasteiger partial charge in [-0.3, -0.25) is 4.98 Å². The normalized spacial score (nSPS) is 10.3. The first kappa shape index (κ1) is 14.8. The molecule has 0 aliphatic rings. The Bertz CT molecular complexity index is 558. The highest BCUT2D eigenvalue weighted by Crippen LogP contribution is 2.29. The van der Waals surface area contributed by atoms with Gasteiger partial charge in [0.25, 0.3) is 0 Å². The largest absolute Gasteiger partial charge is 0.490 e. The van der Waals surface area contributed by atoms with E-state index >= 15 is 0 Å². The van der Waals surface area contributed by atoms with Crippen molar-refractivity contribution in [2.24, 2.45) is 0 Å². The van der Waals surface area contributed by atoms with E-state index in [9.17, 15) is 0 Å². The third kappa shape index (κ3) is 3.95. The van der Waals surface area contributed by atoms with Crippen LogP contribution >= 0.6 is 15.9 Å². The fourth-order valence-corrected chi connectivity index (χ4v) is 1.92. The van der Waals surface area contributed by atoms with Crippen molar-refractivity contribution in [2.75, 3.05) is 6.61 Å². The fraction of sp³-hybridized carbons (Fsp3) is 0.267. The zero-order chi connectivity index (χ0) is 14.4. The number of halogens is 1. The van der Waals surface area contributed by atoms with Crippen molar-refractivity contribution >= 4 is 15.9 Å². The van der Waals surface area contributed by atoms with E-state index in [1.165, 1.54) is 0 Å². The van der Waals surface area contributed by atoms with Crippen molar-refractivity contribution in [3.63, 3.8) is 0 Å². The highest BCUT2D eigenvalue weighted by molar-refractivity contribution is 9.10. The minimum absolute atomic E-state index is 0.0192. The number of aliphatic hydroxyl groups excluding tert-OH is 1. The average molecular weight is 338 g/mol. The van der Waals surface area contributed by atoms with E-state index in [2.05, 4.69) is 20.9 Å². The van der Waals surface area contributed by atoms with E-state index in [0.29, 0.717) is 24.7 Å². The molecule has 0 radical (unpaired) electrons. The van der Waals surface area contributed by atoms with Gasteiger partial charge in [0.15, 0.2) is 11.5 Å². The zero-order valence-electron chi connectivity index (χ0n) is 11.2. The van der Waals surface area contributed by atoms with E-state index in [0.717, 1.165) is 15.7 Å². The number of aliphatic hydroxyl groups is 1. The van der Waals surface area contributed by atoms with Crippen LogP contribution in [0.25, 0.3) is 0 Å². The lowest BCUT2D eigenvalue weighted by atomic mass is 10.2. The number of ether oxygens (including phenoxy) is 2. The van der Waals surface area contributed by atoms with Crippen LogP contribution < -0.4 is 9.47 Å². The Morgan fingerprint density at radius 1 is 1.15 bits per heavy atom. The van der Waals surface area contributed by atoms with Gasteiger partial charge in [-0.25, -0.2) is 0 Å². The lowest BCUT2D eigenvalue weighted by molar-refractivity contribution is 0.261. The van der Waals surface area contributed by atoms with Gasteiger partial charge in [-0.05, 0) is 52.7 Å². The van der Waals surface area contributed by atoms with Gasteiger partial charge >= 0.3 is 0 Å². The summed E-state index contributed by atoms with van der Waals surface area (Å²) in [6.45, 7) is 2.80. The van der Waals surface area contributed by atoms with Crippen molar-refractivity contribution in [1.82, 2.24) is 4.98 Å². The Kier molecular flexibility index (Phi) is 5.38. The number of nitrogens with zero attached hydrogens (tertiary/aromatic N) is 1. The summed E-state index contributed by atoms with van der Waals surface area (Å²) in [4.78, 5) is 4.25. The van der Waals surface area contributed by atoms with Crippen LogP contribution in [0.5, 0.6) is 11.5 Å². The molecule has 0 fully saturated rings. The molecule has 2 rings (SSSR count). The molecular formula is C15H16BrNO3. The molecule has 20 heavy (non-hydrogen) atoms. The molecular weight excluding hydrogens is 322 g/mol. The topological polar surface area (TPSA) is 51.6 Å². The summed E-state index contributed by atoms with van der Waals surface area (Å²) in [6.07, 6.45) is 1.73. The highest BCUT2D eigenvalue weighted by Gasteiger charge is 2.07. The molecule has 106 valence electrons. The SMILES string of the molecule is CCOc1cc(CO)ccc1OCc1ccc(Br)cn1. The van der Waals surface area contributed by atoms with E-state index in [4.69, 9.17) is 14.6 Å². The smallest absolute Gasteiger partial charge is 0.161 e. The van der Waals surface area contributed by atoms with Crippen LogP contribution in [0.15, 0.2) is 41.0 Å². The first-order valence-corrected chi connectivity index (χ1v) is 7.12. The molecule has 0 spiro atoms. The molecule has 0 unspecified atom stereocenters. The van der Waals surface area contributed by atoms with Crippen molar-refractivity contribution in [3.05, 3.63) is 52.3 Å². The summed E-state index contributed by atoms with van der Waals surface area (Å²) < 4.78 is 12.2. The lowest BCUT2D eigenvalue weighted by Gasteiger charge is -2.12. The molecule has 0 aliphatic carbocycles. The monoisotopic (exact) mass is 337 g/mol. The maximum Gasteiger partial charge on any atom is 0.161 e. The van der Waals surface area contributed by atoms with E-state index in [-0.39, 0.29) is 6.61 Å². The standard InChI is InChI=1S/C15H16BrNO3/c1-2-19-15-7-11(9-18)3-6-14(15)20-10-13-5-4-12(16)8-17-13/h3-8,18H,2,9-10H2,1H3. The first-order valence-electron chi connectivity index (χ1n) is 6.32. The molecule has 4 nitrogen and oxygen atoms in total. The van der Waals surface area contributed by atoms with Gasteiger partial charge in [0, 0.05) is 10.7 Å². The van der Waals surface area contributed by atoms with Gasteiger partial charge in [-0.2, -0.15) is 0 Å². The molecule has 0 bridgehead atoms. The average Bonchev–Trinajstić information content (AvgIpc) is 2.48. The van der Waals surface area contributed by atoms with Crippen LogP contribution in [0, 0.1) is 0 Å². The minimum Gasteiger partial charge on any atom is -0.490 e. The Morgan fingerprint density at radius 2 is 2.00 bits per heavy atom. The highest BCUT2D eigenvalue weighted by atomic mass is 79.9. The molecule has 1 aromatic carbocycles. The number of hydrogen-bond donors (Lipinski definition) is 1. The molecule has 0 saturated heterocycles. The van der Waals surface area contributed by atoms with E-state index in [1.54, 1.807) is 18.3 Å². The summed E-state index contributed by atoms with van der Waals surface area (Å²) in [6, 6.07) is 9.21. The van der Waals surface area contributed by atoms with Crippen molar-refractivity contribution in [3.8, 4) is 11.5 Å². The molecule has 2 aromatic rings. The Morgan fingerprint density at radius 3 is 2.65 bits per heavy atom. The van der Waals surface area contributed by atoms with Crippen LogP contribution in [0.3, 0.4) is 0 Å². The van der Waals surface area contributed by atoms with Gasteiger partial charge in [0.05, 0.1) is 18.9 Å². The molecule has 5 heteroatoms. The predicted molar refractivity (Wildman–Crippen MR) is 79.8 cm³/mol. The number of aromatic nitrogens is 1. The number of rotatable bonds is 6.